The second kappa shape index (κ2) is 7.75. The first-order chi connectivity index (χ1) is 9.40. The molecule has 0 aliphatic heterocycles. The van der Waals surface area contributed by atoms with Gasteiger partial charge in [-0.1, -0.05) is 13.0 Å². The van der Waals surface area contributed by atoms with Crippen molar-refractivity contribution in [1.29, 1.82) is 0 Å². The molecule has 0 fully saturated rings. The molecule has 1 N–H and O–H groups in total. The SMILES string of the molecule is CCCNC(Cc1cc(F)ccc1C)C(C)(C)OCC. The third-order valence-corrected chi connectivity index (χ3v) is 3.73. The van der Waals surface area contributed by atoms with Crippen molar-refractivity contribution < 1.29 is 9.13 Å². The monoisotopic (exact) mass is 281 g/mol. The summed E-state index contributed by atoms with van der Waals surface area (Å²) in [7, 11) is 0. The van der Waals surface area contributed by atoms with Gasteiger partial charge in [0, 0.05) is 12.6 Å². The van der Waals surface area contributed by atoms with Crippen LogP contribution in [0.15, 0.2) is 18.2 Å². The maximum Gasteiger partial charge on any atom is 0.123 e. The fourth-order valence-corrected chi connectivity index (χ4v) is 2.43. The minimum absolute atomic E-state index is 0.169. The molecular formula is C17H28FNO. The van der Waals surface area contributed by atoms with E-state index in [4.69, 9.17) is 4.74 Å². The van der Waals surface area contributed by atoms with Gasteiger partial charge in [-0.2, -0.15) is 0 Å². The lowest BCUT2D eigenvalue weighted by molar-refractivity contribution is -0.0380. The van der Waals surface area contributed by atoms with Crippen LogP contribution in [0.1, 0.15) is 45.2 Å². The third kappa shape index (κ3) is 4.88. The lowest BCUT2D eigenvalue weighted by atomic mass is 9.90. The Morgan fingerprint density at radius 2 is 2.00 bits per heavy atom. The van der Waals surface area contributed by atoms with Gasteiger partial charge in [-0.05, 0) is 70.3 Å². The molecule has 1 rings (SSSR count). The quantitative estimate of drug-likeness (QED) is 0.781. The maximum absolute atomic E-state index is 13.4. The minimum Gasteiger partial charge on any atom is -0.374 e. The van der Waals surface area contributed by atoms with Crippen molar-refractivity contribution in [2.24, 2.45) is 0 Å². The molecule has 0 spiro atoms. The Morgan fingerprint density at radius 3 is 2.60 bits per heavy atom. The summed E-state index contributed by atoms with van der Waals surface area (Å²) in [6, 6.07) is 5.16. The van der Waals surface area contributed by atoms with Crippen LogP contribution in [0.25, 0.3) is 0 Å². The summed E-state index contributed by atoms with van der Waals surface area (Å²) in [6.07, 6.45) is 1.84. The highest BCUT2D eigenvalue weighted by molar-refractivity contribution is 5.27. The normalized spacial score (nSPS) is 13.5. The largest absolute Gasteiger partial charge is 0.374 e. The second-order valence-electron chi connectivity index (χ2n) is 5.82. The molecule has 3 heteroatoms. The Balaban J connectivity index is 2.91. The van der Waals surface area contributed by atoms with Crippen LogP contribution < -0.4 is 5.32 Å². The van der Waals surface area contributed by atoms with Gasteiger partial charge >= 0.3 is 0 Å². The fraction of sp³-hybridized carbons (Fsp3) is 0.647. The van der Waals surface area contributed by atoms with E-state index in [2.05, 4.69) is 26.1 Å². The average molecular weight is 281 g/mol. The molecule has 0 bridgehead atoms. The standard InChI is InChI=1S/C17H28FNO/c1-6-10-19-16(17(4,5)20-7-2)12-14-11-15(18)9-8-13(14)3/h8-9,11,16,19H,6-7,10,12H2,1-5H3. The maximum atomic E-state index is 13.4. The molecule has 1 atom stereocenters. The van der Waals surface area contributed by atoms with Crippen LogP contribution in [-0.2, 0) is 11.2 Å². The Labute approximate surface area is 122 Å². The number of benzene rings is 1. The Bertz CT molecular complexity index is 417. The van der Waals surface area contributed by atoms with Crippen LogP contribution in [0.3, 0.4) is 0 Å². The smallest absolute Gasteiger partial charge is 0.123 e. The molecule has 1 unspecified atom stereocenters. The Hall–Kier alpha value is -0.930. The zero-order chi connectivity index (χ0) is 15.2. The van der Waals surface area contributed by atoms with E-state index in [-0.39, 0.29) is 17.5 Å². The van der Waals surface area contributed by atoms with Crippen LogP contribution in [0, 0.1) is 12.7 Å². The van der Waals surface area contributed by atoms with Crippen LogP contribution in [-0.4, -0.2) is 24.8 Å². The Kier molecular flexibility index (Phi) is 6.63. The number of nitrogens with one attached hydrogen (secondary N) is 1. The average Bonchev–Trinajstić information content (AvgIpc) is 2.38. The van der Waals surface area contributed by atoms with Crippen molar-refractivity contribution >= 4 is 0 Å². The zero-order valence-corrected chi connectivity index (χ0v) is 13.4. The van der Waals surface area contributed by atoms with Crippen LogP contribution in [0.5, 0.6) is 0 Å². The van der Waals surface area contributed by atoms with E-state index in [1.807, 2.05) is 19.9 Å². The van der Waals surface area contributed by atoms with Crippen molar-refractivity contribution in [2.75, 3.05) is 13.2 Å². The molecular weight excluding hydrogens is 253 g/mol. The predicted molar refractivity (Wildman–Crippen MR) is 82.6 cm³/mol. The number of ether oxygens (including phenoxy) is 1. The van der Waals surface area contributed by atoms with E-state index in [0.29, 0.717) is 6.61 Å². The summed E-state index contributed by atoms with van der Waals surface area (Å²) in [4.78, 5) is 0. The Morgan fingerprint density at radius 1 is 1.30 bits per heavy atom. The van der Waals surface area contributed by atoms with Crippen molar-refractivity contribution in [3.8, 4) is 0 Å². The van der Waals surface area contributed by atoms with Gasteiger partial charge in [-0.25, -0.2) is 4.39 Å². The molecule has 0 radical (unpaired) electrons. The number of rotatable bonds is 8. The number of halogens is 1. The van der Waals surface area contributed by atoms with Gasteiger partial charge in [-0.15, -0.1) is 0 Å². The fourth-order valence-electron chi connectivity index (χ4n) is 2.43. The van der Waals surface area contributed by atoms with Crippen molar-refractivity contribution in [2.45, 2.75) is 59.1 Å². The number of aryl methyl sites for hydroxylation is 1. The first kappa shape index (κ1) is 17.1. The molecule has 0 saturated carbocycles. The van der Waals surface area contributed by atoms with Gasteiger partial charge in [0.25, 0.3) is 0 Å². The van der Waals surface area contributed by atoms with Gasteiger partial charge in [0.2, 0.25) is 0 Å². The molecule has 0 aliphatic carbocycles. The van der Waals surface area contributed by atoms with E-state index in [1.54, 1.807) is 6.07 Å². The van der Waals surface area contributed by atoms with Crippen LogP contribution >= 0.6 is 0 Å². The van der Waals surface area contributed by atoms with Gasteiger partial charge in [0.15, 0.2) is 0 Å². The van der Waals surface area contributed by atoms with Crippen molar-refractivity contribution in [3.63, 3.8) is 0 Å². The van der Waals surface area contributed by atoms with E-state index < -0.39 is 0 Å². The first-order valence-electron chi connectivity index (χ1n) is 7.53. The summed E-state index contributed by atoms with van der Waals surface area (Å²) < 4.78 is 19.3. The molecule has 1 aromatic rings. The van der Waals surface area contributed by atoms with Crippen molar-refractivity contribution in [1.82, 2.24) is 5.32 Å². The summed E-state index contributed by atoms with van der Waals surface area (Å²) in [5, 5.41) is 3.54. The van der Waals surface area contributed by atoms with Crippen molar-refractivity contribution in [3.05, 3.63) is 35.1 Å². The van der Waals surface area contributed by atoms with Gasteiger partial charge in [0.1, 0.15) is 5.82 Å². The lowest BCUT2D eigenvalue weighted by Crippen LogP contribution is -2.50. The predicted octanol–water partition coefficient (Wildman–Crippen LogP) is 3.86. The summed E-state index contributed by atoms with van der Waals surface area (Å²) >= 11 is 0. The lowest BCUT2D eigenvalue weighted by Gasteiger charge is -2.35. The molecule has 20 heavy (non-hydrogen) atoms. The van der Waals surface area contributed by atoms with Crippen LogP contribution in [0.2, 0.25) is 0 Å². The van der Waals surface area contributed by atoms with Gasteiger partial charge in [0.05, 0.1) is 5.60 Å². The summed E-state index contributed by atoms with van der Waals surface area (Å²) in [6.45, 7) is 12.0. The molecule has 0 amide bonds. The van der Waals surface area contributed by atoms with E-state index in [0.717, 1.165) is 30.5 Å². The molecule has 114 valence electrons. The minimum atomic E-state index is -0.275. The van der Waals surface area contributed by atoms with Gasteiger partial charge < -0.3 is 10.1 Å². The second-order valence-corrected chi connectivity index (χ2v) is 5.82. The number of hydrogen-bond donors (Lipinski definition) is 1. The summed E-state index contributed by atoms with van der Waals surface area (Å²) in [5.74, 6) is -0.172. The van der Waals surface area contributed by atoms with E-state index in [1.165, 1.54) is 6.07 Å². The first-order valence-corrected chi connectivity index (χ1v) is 7.53. The molecule has 0 aromatic heterocycles. The van der Waals surface area contributed by atoms with E-state index in [9.17, 15) is 4.39 Å². The highest BCUT2D eigenvalue weighted by atomic mass is 19.1. The van der Waals surface area contributed by atoms with E-state index >= 15 is 0 Å². The molecule has 0 saturated heterocycles. The number of hydrogen-bond acceptors (Lipinski definition) is 2. The summed E-state index contributed by atoms with van der Waals surface area (Å²) in [5.41, 5.74) is 1.90. The molecule has 1 aromatic carbocycles. The molecule has 0 heterocycles. The molecule has 2 nitrogen and oxygen atoms in total. The zero-order valence-electron chi connectivity index (χ0n) is 13.4. The molecule has 0 aliphatic rings. The highest BCUT2D eigenvalue weighted by Gasteiger charge is 2.30. The highest BCUT2D eigenvalue weighted by Crippen LogP contribution is 2.21. The van der Waals surface area contributed by atoms with Crippen LogP contribution in [0.4, 0.5) is 4.39 Å². The third-order valence-electron chi connectivity index (χ3n) is 3.73. The topological polar surface area (TPSA) is 21.3 Å². The van der Waals surface area contributed by atoms with Gasteiger partial charge in [-0.3, -0.25) is 0 Å².